The van der Waals surface area contributed by atoms with Crippen molar-refractivity contribution >= 4 is 22.7 Å². The summed E-state index contributed by atoms with van der Waals surface area (Å²) >= 11 is 0. The molecule has 2 aromatic carbocycles. The summed E-state index contributed by atoms with van der Waals surface area (Å²) < 4.78 is 27.6. The molecule has 9 nitrogen and oxygen atoms in total. The first-order valence-electron chi connectivity index (χ1n) is 9.94. The minimum atomic E-state index is -1.05. The van der Waals surface area contributed by atoms with Crippen molar-refractivity contribution in [3.05, 3.63) is 75.8 Å². The van der Waals surface area contributed by atoms with Gasteiger partial charge in [0.05, 0.1) is 16.9 Å². The quantitative estimate of drug-likeness (QED) is 0.491. The first kappa shape index (κ1) is 18.5. The Labute approximate surface area is 180 Å². The molecule has 0 fully saturated rings. The lowest BCUT2D eigenvalue weighted by molar-refractivity contribution is -0.122. The summed E-state index contributed by atoms with van der Waals surface area (Å²) in [5.41, 5.74) is 0.758. The zero-order valence-electron chi connectivity index (χ0n) is 16.8. The van der Waals surface area contributed by atoms with Crippen LogP contribution in [-0.2, 0) is 4.79 Å². The van der Waals surface area contributed by atoms with Crippen molar-refractivity contribution < 1.29 is 27.9 Å². The second-order valence-corrected chi connectivity index (χ2v) is 7.57. The number of fused-ring (bicyclic) bond motifs is 4. The van der Waals surface area contributed by atoms with Gasteiger partial charge in [0.25, 0.3) is 5.91 Å². The van der Waals surface area contributed by atoms with E-state index in [1.54, 1.807) is 49.4 Å². The fraction of sp³-hybridized carbons (Fsp3) is 0.174. The Hall–Kier alpha value is -4.27. The first-order chi connectivity index (χ1) is 15.6. The largest absolute Gasteiger partial charge is 0.478 e. The molecule has 0 saturated carbocycles. The van der Waals surface area contributed by atoms with Crippen LogP contribution in [0.4, 0.5) is 5.82 Å². The third kappa shape index (κ3) is 2.82. The number of rotatable bonds is 3. The monoisotopic (exact) mass is 432 g/mol. The Bertz CT molecular complexity index is 1440. The Morgan fingerprint density at radius 2 is 1.94 bits per heavy atom. The van der Waals surface area contributed by atoms with Crippen molar-refractivity contribution in [3.63, 3.8) is 0 Å². The van der Waals surface area contributed by atoms with E-state index in [1.165, 1.54) is 0 Å². The number of carbonyl (C=O) groups excluding carboxylic acids is 1. The topological polar surface area (TPSA) is 113 Å². The van der Waals surface area contributed by atoms with E-state index >= 15 is 0 Å². The number of aryl methyl sites for hydroxylation is 1. The SMILES string of the molecule is Cc1cc(NC(=O)[C@@H]2Oc3c(c(=O)oc4ccccc34)[C@@H]2c2ccc3c(c2)OCO3)no1. The number of nitrogens with one attached hydrogen (secondary N) is 1. The Morgan fingerprint density at radius 3 is 2.78 bits per heavy atom. The van der Waals surface area contributed by atoms with Gasteiger partial charge in [0.2, 0.25) is 6.79 Å². The van der Waals surface area contributed by atoms with Gasteiger partial charge in [-0.1, -0.05) is 23.4 Å². The summed E-state index contributed by atoms with van der Waals surface area (Å²) in [6, 6.07) is 13.9. The molecule has 2 aromatic heterocycles. The molecule has 0 unspecified atom stereocenters. The molecule has 2 aliphatic heterocycles. The Morgan fingerprint density at radius 1 is 1.09 bits per heavy atom. The van der Waals surface area contributed by atoms with Gasteiger partial charge in [0.1, 0.15) is 17.1 Å². The molecule has 0 saturated heterocycles. The summed E-state index contributed by atoms with van der Waals surface area (Å²) in [6.45, 7) is 1.83. The van der Waals surface area contributed by atoms with Crippen LogP contribution in [0.3, 0.4) is 0 Å². The predicted octanol–water partition coefficient (Wildman–Crippen LogP) is 3.35. The van der Waals surface area contributed by atoms with E-state index < -0.39 is 23.6 Å². The van der Waals surface area contributed by atoms with Crippen LogP contribution in [-0.4, -0.2) is 24.0 Å². The molecule has 0 spiro atoms. The molecule has 2 atom stereocenters. The standard InChI is InChI=1S/C23H16N2O7/c1-11-8-17(25-32-11)24-22(26)21-18(12-6-7-15-16(9-12)29-10-28-15)19-20(31-21)13-4-2-3-5-14(13)30-23(19)27/h2-9,18,21H,10H2,1H3,(H,24,25,26)/t18-,21+/m0/s1. The van der Waals surface area contributed by atoms with Gasteiger partial charge in [-0.15, -0.1) is 0 Å². The number of ether oxygens (including phenoxy) is 3. The Balaban J connectivity index is 1.50. The van der Waals surface area contributed by atoms with Crippen LogP contribution in [0.2, 0.25) is 0 Å². The zero-order valence-corrected chi connectivity index (χ0v) is 16.8. The number of hydrogen-bond acceptors (Lipinski definition) is 8. The highest BCUT2D eigenvalue weighted by Crippen LogP contribution is 2.46. The molecular formula is C23H16N2O7. The van der Waals surface area contributed by atoms with Gasteiger partial charge in [0, 0.05) is 6.07 Å². The molecule has 9 heteroatoms. The fourth-order valence-corrected chi connectivity index (χ4v) is 4.15. The first-order valence-corrected chi connectivity index (χ1v) is 9.94. The third-order valence-electron chi connectivity index (χ3n) is 5.55. The number of benzene rings is 2. The molecular weight excluding hydrogens is 416 g/mol. The second-order valence-electron chi connectivity index (χ2n) is 7.57. The predicted molar refractivity (Wildman–Crippen MR) is 111 cm³/mol. The lowest BCUT2D eigenvalue weighted by Crippen LogP contribution is -2.35. The highest BCUT2D eigenvalue weighted by molar-refractivity contribution is 5.97. The normalized spacial score (nSPS) is 18.4. The lowest BCUT2D eigenvalue weighted by Gasteiger charge is -2.18. The van der Waals surface area contributed by atoms with Crippen LogP contribution < -0.4 is 25.2 Å². The van der Waals surface area contributed by atoms with Gasteiger partial charge < -0.3 is 28.5 Å². The lowest BCUT2D eigenvalue weighted by atomic mass is 9.88. The molecule has 0 bridgehead atoms. The highest BCUT2D eigenvalue weighted by Gasteiger charge is 2.44. The highest BCUT2D eigenvalue weighted by atomic mass is 16.7. The molecule has 0 radical (unpaired) electrons. The van der Waals surface area contributed by atoms with Crippen molar-refractivity contribution in [2.75, 3.05) is 12.1 Å². The molecule has 160 valence electrons. The van der Waals surface area contributed by atoms with E-state index in [0.29, 0.717) is 39.5 Å². The van der Waals surface area contributed by atoms with E-state index in [-0.39, 0.29) is 18.2 Å². The van der Waals surface area contributed by atoms with Crippen molar-refractivity contribution in [1.82, 2.24) is 5.16 Å². The number of hydrogen-bond donors (Lipinski definition) is 1. The second kappa shape index (κ2) is 6.88. The van der Waals surface area contributed by atoms with Crippen molar-refractivity contribution in [3.8, 4) is 17.2 Å². The maximum atomic E-state index is 13.3. The van der Waals surface area contributed by atoms with Crippen LogP contribution in [0.25, 0.3) is 11.0 Å². The average molecular weight is 432 g/mol. The van der Waals surface area contributed by atoms with Gasteiger partial charge in [-0.3, -0.25) is 4.79 Å². The van der Waals surface area contributed by atoms with Gasteiger partial charge in [0.15, 0.2) is 23.4 Å². The molecule has 1 N–H and O–H groups in total. The molecule has 32 heavy (non-hydrogen) atoms. The summed E-state index contributed by atoms with van der Waals surface area (Å²) in [5.74, 6) is 1.07. The van der Waals surface area contributed by atoms with Crippen molar-refractivity contribution in [1.29, 1.82) is 0 Å². The maximum absolute atomic E-state index is 13.3. The van der Waals surface area contributed by atoms with Crippen LogP contribution >= 0.6 is 0 Å². The summed E-state index contributed by atoms with van der Waals surface area (Å²) in [6.07, 6.45) is -1.05. The Kier molecular flexibility index (Phi) is 3.97. The number of nitrogens with zero attached hydrogens (tertiary/aromatic N) is 1. The zero-order chi connectivity index (χ0) is 21.8. The van der Waals surface area contributed by atoms with Crippen LogP contribution in [0.1, 0.15) is 22.8 Å². The van der Waals surface area contributed by atoms with Gasteiger partial charge in [-0.2, -0.15) is 0 Å². The van der Waals surface area contributed by atoms with Crippen molar-refractivity contribution in [2.24, 2.45) is 0 Å². The third-order valence-corrected chi connectivity index (χ3v) is 5.55. The smallest absolute Gasteiger partial charge is 0.344 e. The molecule has 0 aliphatic carbocycles. The van der Waals surface area contributed by atoms with Gasteiger partial charge in [-0.05, 0) is 36.8 Å². The maximum Gasteiger partial charge on any atom is 0.344 e. The molecule has 4 aromatic rings. The molecule has 4 heterocycles. The fourth-order valence-electron chi connectivity index (χ4n) is 4.15. The molecule has 1 amide bonds. The van der Waals surface area contributed by atoms with Crippen LogP contribution in [0.5, 0.6) is 17.2 Å². The number of anilines is 1. The van der Waals surface area contributed by atoms with Crippen LogP contribution in [0, 0.1) is 6.92 Å². The molecule has 6 rings (SSSR count). The van der Waals surface area contributed by atoms with Crippen LogP contribution in [0.15, 0.2) is 62.3 Å². The summed E-state index contributed by atoms with van der Waals surface area (Å²) in [5, 5.41) is 7.12. The van der Waals surface area contributed by atoms with E-state index in [2.05, 4.69) is 10.5 Å². The minimum Gasteiger partial charge on any atom is -0.478 e. The van der Waals surface area contributed by atoms with E-state index in [9.17, 15) is 9.59 Å². The average Bonchev–Trinajstić information content (AvgIpc) is 3.51. The molecule has 2 aliphatic rings. The van der Waals surface area contributed by atoms with E-state index in [0.717, 1.165) is 0 Å². The minimum absolute atomic E-state index is 0.110. The van der Waals surface area contributed by atoms with E-state index in [4.69, 9.17) is 23.2 Å². The van der Waals surface area contributed by atoms with Gasteiger partial charge in [-0.25, -0.2) is 4.79 Å². The van der Waals surface area contributed by atoms with E-state index in [1.807, 2.05) is 6.07 Å². The summed E-state index contributed by atoms with van der Waals surface area (Å²) in [4.78, 5) is 26.3. The number of aromatic nitrogens is 1. The number of para-hydroxylation sites is 1. The number of amides is 1. The van der Waals surface area contributed by atoms with Crippen molar-refractivity contribution in [2.45, 2.75) is 18.9 Å². The summed E-state index contributed by atoms with van der Waals surface area (Å²) in [7, 11) is 0. The van der Waals surface area contributed by atoms with Gasteiger partial charge >= 0.3 is 5.63 Å². The number of carbonyl (C=O) groups is 1.